The van der Waals surface area contributed by atoms with Crippen LogP contribution in [0.4, 0.5) is 5.69 Å². The van der Waals surface area contributed by atoms with Crippen molar-refractivity contribution >= 4 is 8.89 Å². The van der Waals surface area contributed by atoms with Crippen LogP contribution < -0.4 is 4.90 Å². The Morgan fingerprint density at radius 1 is 0.789 bits per heavy atom. The van der Waals surface area contributed by atoms with Gasteiger partial charge in [-0.3, -0.25) is 6.08 Å². The van der Waals surface area contributed by atoms with Crippen LogP contribution in [0.15, 0.2) is 115 Å². The van der Waals surface area contributed by atoms with E-state index in [4.69, 9.17) is 0 Å². The first-order valence-electron chi connectivity index (χ1n) is 12.3. The average Bonchev–Trinajstić information content (AvgIpc) is 3.56. The number of anilines is 1. The van der Waals surface area contributed by atoms with Crippen LogP contribution in [-0.4, -0.2) is 17.3 Å². The maximum absolute atomic E-state index is 3.36. The van der Waals surface area contributed by atoms with E-state index >= 15 is 0 Å². The molecule has 0 aliphatic heterocycles. The first kappa shape index (κ1) is 31.1. The van der Waals surface area contributed by atoms with E-state index in [0.29, 0.717) is 0 Å². The fraction of sp³-hybridized carbons (Fsp3) is 0.139. The summed E-state index contributed by atoms with van der Waals surface area (Å²) in [5, 5.41) is 0. The number of benzene rings is 4. The van der Waals surface area contributed by atoms with Gasteiger partial charge in [-0.25, -0.2) is 11.6 Å². The molecule has 0 aromatic heterocycles. The van der Waals surface area contributed by atoms with Crippen LogP contribution in [0.25, 0.3) is 11.1 Å². The topological polar surface area (TPSA) is 3.24 Å². The molecule has 4 aromatic carbocycles. The van der Waals surface area contributed by atoms with Crippen molar-refractivity contribution in [2.75, 3.05) is 19.0 Å². The van der Waals surface area contributed by atoms with Crippen molar-refractivity contribution in [1.82, 2.24) is 0 Å². The first-order valence-corrected chi connectivity index (χ1v) is 13.5. The van der Waals surface area contributed by atoms with E-state index in [1.807, 2.05) is 12.1 Å². The van der Waals surface area contributed by atoms with Crippen molar-refractivity contribution in [3.63, 3.8) is 0 Å². The molecular formula is C36H37NZr-4. The molecule has 0 unspecified atom stereocenters. The third kappa shape index (κ3) is 7.96. The van der Waals surface area contributed by atoms with Gasteiger partial charge in [-0.2, -0.15) is 18.2 Å². The number of fused-ring (bicyclic) bond motifs is 3. The Labute approximate surface area is 245 Å². The number of nitrogens with zero attached hydrogens (tertiary/aromatic N) is 1. The Kier molecular flexibility index (Phi) is 12.6. The van der Waals surface area contributed by atoms with Crippen LogP contribution in [0.2, 0.25) is 0 Å². The van der Waals surface area contributed by atoms with Crippen molar-refractivity contribution in [1.29, 1.82) is 0 Å². The second-order valence-corrected chi connectivity index (χ2v) is 10.3. The van der Waals surface area contributed by atoms with Crippen LogP contribution >= 0.6 is 0 Å². The molecule has 0 amide bonds. The molecule has 2 heteroatoms. The van der Waals surface area contributed by atoms with Gasteiger partial charge in [0.25, 0.3) is 0 Å². The van der Waals surface area contributed by atoms with E-state index < -0.39 is 0 Å². The second-order valence-electron chi connectivity index (χ2n) is 9.05. The maximum atomic E-state index is 3.36. The molecule has 4 aromatic rings. The zero-order valence-corrected chi connectivity index (χ0v) is 25.7. The predicted octanol–water partition coefficient (Wildman–Crippen LogP) is 8.52. The Hall–Kier alpha value is -3.09. The Morgan fingerprint density at radius 2 is 1.37 bits per heavy atom. The van der Waals surface area contributed by atoms with Crippen molar-refractivity contribution in [3.8, 4) is 11.1 Å². The van der Waals surface area contributed by atoms with Gasteiger partial charge in [-0.15, -0.1) is 30.5 Å². The van der Waals surface area contributed by atoms with Crippen LogP contribution in [0.3, 0.4) is 0 Å². The number of hydrogen-bond donors (Lipinski definition) is 0. The van der Waals surface area contributed by atoms with E-state index in [0.717, 1.165) is 12.8 Å². The van der Waals surface area contributed by atoms with Crippen molar-refractivity contribution in [2.24, 2.45) is 0 Å². The molecular weight excluding hydrogens is 538 g/mol. The minimum atomic E-state index is 0. The van der Waals surface area contributed by atoms with Crippen LogP contribution in [-0.2, 0) is 30.7 Å². The molecule has 0 fully saturated rings. The van der Waals surface area contributed by atoms with E-state index in [9.17, 15) is 0 Å². The minimum absolute atomic E-state index is 0. The molecule has 2 aliphatic carbocycles. The first-order chi connectivity index (χ1) is 17.5. The standard InChI is InChI=1S/C15H14N.C13H10.C6H7.2CH3.Zr/c1-16(2)14-9-5-7-12-10-11-6-3-4-8-13(11)15(12)14;1-3-7-12(8-4-1)11-13-9-5-2-6-10-13;1-6-4-2-3-5-6;;;/h3-6,8-9H,10H2,1-2H3;1-10H;4-5H,2H2,1H3;2*1H3;/q-1;;3*-1;. The summed E-state index contributed by atoms with van der Waals surface area (Å²) in [6.45, 7) is 2.08. The van der Waals surface area contributed by atoms with Crippen LogP contribution in [0.5, 0.6) is 0 Å². The van der Waals surface area contributed by atoms with E-state index in [2.05, 4.69) is 135 Å². The van der Waals surface area contributed by atoms with E-state index in [-0.39, 0.29) is 14.9 Å². The number of allylic oxidation sites excluding steroid dienone is 4. The molecule has 0 heterocycles. The Balaban J connectivity index is 0.000000212. The summed E-state index contributed by atoms with van der Waals surface area (Å²) in [6.07, 6.45) is 9.26. The van der Waals surface area contributed by atoms with E-state index in [1.54, 1.807) is 0 Å². The van der Waals surface area contributed by atoms with Crippen molar-refractivity contribution < 1.29 is 24.2 Å². The van der Waals surface area contributed by atoms with Gasteiger partial charge >= 0.3 is 99.2 Å². The third-order valence-corrected chi connectivity index (χ3v) is 7.61. The second kappa shape index (κ2) is 15.4. The molecule has 38 heavy (non-hydrogen) atoms. The molecule has 0 atom stereocenters. The molecule has 6 rings (SSSR count). The fourth-order valence-electron chi connectivity index (χ4n) is 4.33. The van der Waals surface area contributed by atoms with Gasteiger partial charge in [0.1, 0.15) is 0 Å². The SMILES string of the molecule is CC1=CC[C-]=C1.CN(C)c1cc[c-]c2c1-c1ccccc1C2.[CH3-].[CH3-].[Zr]=[C](c1ccccc1)c1ccccc1. The van der Waals surface area contributed by atoms with Crippen molar-refractivity contribution in [2.45, 2.75) is 19.8 Å². The van der Waals surface area contributed by atoms with Crippen LogP contribution in [0, 0.1) is 27.0 Å². The predicted molar refractivity (Wildman–Crippen MR) is 163 cm³/mol. The molecule has 0 saturated carbocycles. The van der Waals surface area contributed by atoms with E-state index in [1.165, 1.54) is 72.1 Å². The molecule has 2 aliphatic rings. The molecule has 0 bridgehead atoms. The molecule has 1 nitrogen and oxygen atoms in total. The monoisotopic (exact) mass is 573 g/mol. The van der Waals surface area contributed by atoms with Gasteiger partial charge in [0.15, 0.2) is 0 Å². The van der Waals surface area contributed by atoms with Gasteiger partial charge < -0.3 is 19.8 Å². The van der Waals surface area contributed by atoms with Crippen molar-refractivity contribution in [3.05, 3.63) is 164 Å². The molecule has 0 radical (unpaired) electrons. The summed E-state index contributed by atoms with van der Waals surface area (Å²) in [7, 11) is 4.19. The summed E-state index contributed by atoms with van der Waals surface area (Å²) >= 11 is 1.46. The van der Waals surface area contributed by atoms with Gasteiger partial charge in [-0.1, -0.05) is 41.1 Å². The molecule has 194 valence electrons. The summed E-state index contributed by atoms with van der Waals surface area (Å²) in [5.41, 5.74) is 10.8. The molecule has 0 N–H and O–H groups in total. The summed E-state index contributed by atoms with van der Waals surface area (Å²) in [4.78, 5) is 2.18. The molecule has 0 spiro atoms. The summed E-state index contributed by atoms with van der Waals surface area (Å²) in [6, 6.07) is 37.3. The number of rotatable bonds is 3. The molecule has 0 saturated heterocycles. The third-order valence-electron chi connectivity index (χ3n) is 6.19. The summed E-state index contributed by atoms with van der Waals surface area (Å²) in [5.74, 6) is 0. The van der Waals surface area contributed by atoms with Gasteiger partial charge in [-0.05, 0) is 6.42 Å². The Bertz CT molecular complexity index is 1320. The Morgan fingerprint density at radius 3 is 1.87 bits per heavy atom. The number of hydrogen-bond acceptors (Lipinski definition) is 1. The quantitative estimate of drug-likeness (QED) is 0.195. The van der Waals surface area contributed by atoms with Gasteiger partial charge in [0.2, 0.25) is 0 Å². The zero-order valence-electron chi connectivity index (χ0n) is 23.3. The van der Waals surface area contributed by atoms with Gasteiger partial charge in [0, 0.05) is 14.1 Å². The summed E-state index contributed by atoms with van der Waals surface area (Å²) < 4.78 is 1.42. The van der Waals surface area contributed by atoms with Crippen LogP contribution in [0.1, 0.15) is 35.6 Å². The normalized spacial score (nSPS) is 11.6. The van der Waals surface area contributed by atoms with Gasteiger partial charge in [0.05, 0.1) is 0 Å². The zero-order chi connectivity index (χ0) is 25.3. The fourth-order valence-corrected chi connectivity index (χ4v) is 5.15. The average molecular weight is 575 g/mol.